The third-order valence-electron chi connectivity index (χ3n) is 4.18. The lowest BCUT2D eigenvalue weighted by molar-refractivity contribution is -0.121. The summed E-state index contributed by atoms with van der Waals surface area (Å²) in [6.45, 7) is 2.29. The number of benzene rings is 2. The highest BCUT2D eigenvalue weighted by atomic mass is 35.5. The number of furan rings is 1. The van der Waals surface area contributed by atoms with Crippen LogP contribution in [0.1, 0.15) is 28.9 Å². The van der Waals surface area contributed by atoms with Gasteiger partial charge in [0.15, 0.2) is 5.76 Å². The third-order valence-corrected chi connectivity index (χ3v) is 4.53. The molecule has 1 amide bonds. The highest BCUT2D eigenvalue weighted by Crippen LogP contribution is 2.22. The molecule has 3 rings (SSSR count). The van der Waals surface area contributed by atoms with Crippen LogP contribution in [0.15, 0.2) is 70.2 Å². The Labute approximate surface area is 169 Å². The van der Waals surface area contributed by atoms with Gasteiger partial charge in [-0.15, -0.1) is 0 Å². The van der Waals surface area contributed by atoms with Crippen LogP contribution in [-0.4, -0.2) is 12.1 Å². The number of carbonyl (C=O) groups is 1. The molecule has 0 saturated heterocycles. The standard InChI is InChI=1S/C22H21ClN2O3/c1-16-6-5-9-20(23)19(16)15-27-22-13-11-18(28-22)14-24-25-21(26)12-10-17-7-3-2-4-8-17/h2-9,11,13-14H,10,12,15H2,1H3,(H,25,26)/b24-14+. The smallest absolute Gasteiger partial charge is 0.285 e. The van der Waals surface area contributed by atoms with Crippen molar-refractivity contribution in [2.75, 3.05) is 0 Å². The summed E-state index contributed by atoms with van der Waals surface area (Å²) in [4.78, 5) is 11.8. The Bertz CT molecular complexity index is 931. The quantitative estimate of drug-likeness (QED) is 0.435. The second-order valence-electron chi connectivity index (χ2n) is 6.26. The summed E-state index contributed by atoms with van der Waals surface area (Å²) in [7, 11) is 0. The Morgan fingerprint density at radius 2 is 1.96 bits per heavy atom. The number of hydrogen-bond donors (Lipinski definition) is 1. The van der Waals surface area contributed by atoms with Gasteiger partial charge in [-0.2, -0.15) is 5.10 Å². The van der Waals surface area contributed by atoms with Gasteiger partial charge in [-0.05, 0) is 36.6 Å². The molecule has 144 valence electrons. The van der Waals surface area contributed by atoms with Crippen LogP contribution in [0, 0.1) is 6.92 Å². The second kappa shape index (κ2) is 9.76. The fraction of sp³-hybridized carbons (Fsp3) is 0.182. The Kier molecular flexibility index (Phi) is 6.87. The Balaban J connectivity index is 1.45. The van der Waals surface area contributed by atoms with Gasteiger partial charge < -0.3 is 9.15 Å². The van der Waals surface area contributed by atoms with Gasteiger partial charge in [0.05, 0.1) is 6.21 Å². The van der Waals surface area contributed by atoms with Crippen molar-refractivity contribution in [2.45, 2.75) is 26.4 Å². The van der Waals surface area contributed by atoms with Crippen LogP contribution in [-0.2, 0) is 17.8 Å². The molecule has 0 unspecified atom stereocenters. The number of nitrogens with one attached hydrogen (secondary N) is 1. The number of amides is 1. The monoisotopic (exact) mass is 396 g/mol. The number of aryl methyl sites for hydroxylation is 2. The summed E-state index contributed by atoms with van der Waals surface area (Å²) in [6.07, 6.45) is 2.47. The third kappa shape index (κ3) is 5.72. The van der Waals surface area contributed by atoms with Gasteiger partial charge in [0, 0.05) is 23.1 Å². The van der Waals surface area contributed by atoms with E-state index in [0.717, 1.165) is 16.7 Å². The van der Waals surface area contributed by atoms with Crippen LogP contribution in [0.2, 0.25) is 5.02 Å². The molecule has 1 N–H and O–H groups in total. The zero-order chi connectivity index (χ0) is 19.8. The van der Waals surface area contributed by atoms with Crippen LogP contribution in [0.3, 0.4) is 0 Å². The number of hydrogen-bond acceptors (Lipinski definition) is 4. The molecule has 0 spiro atoms. The van der Waals surface area contributed by atoms with Gasteiger partial charge in [0.2, 0.25) is 5.91 Å². The van der Waals surface area contributed by atoms with E-state index in [1.54, 1.807) is 12.1 Å². The van der Waals surface area contributed by atoms with E-state index in [2.05, 4.69) is 10.5 Å². The number of ether oxygens (including phenoxy) is 1. The Hall–Kier alpha value is -3.05. The van der Waals surface area contributed by atoms with Gasteiger partial charge in [0.25, 0.3) is 5.95 Å². The molecule has 1 heterocycles. The lowest BCUT2D eigenvalue weighted by atomic mass is 10.1. The van der Waals surface area contributed by atoms with Gasteiger partial charge in [0.1, 0.15) is 6.61 Å². The van der Waals surface area contributed by atoms with Crippen molar-refractivity contribution < 1.29 is 13.9 Å². The average molecular weight is 397 g/mol. The predicted octanol–water partition coefficient (Wildman–Crippen LogP) is 4.90. The molecule has 0 saturated carbocycles. The molecular formula is C22H21ClN2O3. The van der Waals surface area contributed by atoms with E-state index in [0.29, 0.717) is 36.2 Å². The molecule has 0 radical (unpaired) electrons. The molecule has 6 heteroatoms. The van der Waals surface area contributed by atoms with Crippen molar-refractivity contribution >= 4 is 23.7 Å². The fourth-order valence-corrected chi connectivity index (χ4v) is 2.88. The maximum atomic E-state index is 11.8. The van der Waals surface area contributed by atoms with Crippen molar-refractivity contribution in [2.24, 2.45) is 5.10 Å². The van der Waals surface area contributed by atoms with Crippen LogP contribution in [0.4, 0.5) is 0 Å². The van der Waals surface area contributed by atoms with E-state index in [1.807, 2.05) is 55.5 Å². The van der Waals surface area contributed by atoms with Gasteiger partial charge in [-0.1, -0.05) is 54.1 Å². The number of halogens is 1. The normalized spacial score (nSPS) is 10.9. The van der Waals surface area contributed by atoms with Crippen LogP contribution < -0.4 is 10.2 Å². The van der Waals surface area contributed by atoms with Crippen molar-refractivity contribution in [1.29, 1.82) is 0 Å². The van der Waals surface area contributed by atoms with Crippen LogP contribution in [0.25, 0.3) is 0 Å². The minimum atomic E-state index is -0.155. The van der Waals surface area contributed by atoms with Crippen molar-refractivity contribution in [3.63, 3.8) is 0 Å². The number of nitrogens with zero attached hydrogens (tertiary/aromatic N) is 1. The van der Waals surface area contributed by atoms with Gasteiger partial charge in [-0.3, -0.25) is 4.79 Å². The second-order valence-corrected chi connectivity index (χ2v) is 6.67. The van der Waals surface area contributed by atoms with Crippen molar-refractivity contribution in [3.8, 4) is 5.95 Å². The van der Waals surface area contributed by atoms with Gasteiger partial charge >= 0.3 is 0 Å². The zero-order valence-corrected chi connectivity index (χ0v) is 16.3. The molecule has 1 aromatic heterocycles. The lowest BCUT2D eigenvalue weighted by Crippen LogP contribution is -2.17. The van der Waals surface area contributed by atoms with Crippen LogP contribution >= 0.6 is 11.6 Å². The zero-order valence-electron chi connectivity index (χ0n) is 15.5. The van der Waals surface area contributed by atoms with E-state index in [9.17, 15) is 4.79 Å². The molecule has 2 aromatic carbocycles. The SMILES string of the molecule is Cc1cccc(Cl)c1COc1ccc(/C=N/NC(=O)CCc2ccccc2)o1. The molecule has 0 aliphatic carbocycles. The maximum Gasteiger partial charge on any atom is 0.285 e. The first-order chi connectivity index (χ1) is 13.6. The Morgan fingerprint density at radius 3 is 2.75 bits per heavy atom. The molecule has 3 aromatic rings. The molecule has 28 heavy (non-hydrogen) atoms. The number of carbonyl (C=O) groups excluding carboxylic acids is 1. The fourth-order valence-electron chi connectivity index (χ4n) is 2.60. The van der Waals surface area contributed by atoms with E-state index >= 15 is 0 Å². The molecule has 0 aliphatic heterocycles. The molecule has 0 fully saturated rings. The maximum absolute atomic E-state index is 11.8. The molecule has 5 nitrogen and oxygen atoms in total. The number of hydrazone groups is 1. The average Bonchev–Trinajstić information content (AvgIpc) is 3.14. The molecule has 0 atom stereocenters. The highest BCUT2D eigenvalue weighted by Gasteiger charge is 2.07. The number of rotatable bonds is 8. The largest absolute Gasteiger partial charge is 0.460 e. The van der Waals surface area contributed by atoms with E-state index in [1.165, 1.54) is 6.21 Å². The Morgan fingerprint density at radius 1 is 1.14 bits per heavy atom. The minimum Gasteiger partial charge on any atom is -0.460 e. The minimum absolute atomic E-state index is 0.155. The first kappa shape index (κ1) is 19.7. The summed E-state index contributed by atoms with van der Waals surface area (Å²) in [5.74, 6) is 0.683. The molecular weight excluding hydrogens is 376 g/mol. The van der Waals surface area contributed by atoms with E-state index in [4.69, 9.17) is 20.8 Å². The highest BCUT2D eigenvalue weighted by molar-refractivity contribution is 6.31. The molecule has 0 bridgehead atoms. The first-order valence-electron chi connectivity index (χ1n) is 8.94. The summed E-state index contributed by atoms with van der Waals surface area (Å²) < 4.78 is 11.2. The summed E-state index contributed by atoms with van der Waals surface area (Å²) >= 11 is 6.19. The van der Waals surface area contributed by atoms with Crippen LogP contribution in [0.5, 0.6) is 5.95 Å². The lowest BCUT2D eigenvalue weighted by Gasteiger charge is -2.08. The van der Waals surface area contributed by atoms with Crippen molar-refractivity contribution in [3.05, 3.63) is 88.1 Å². The van der Waals surface area contributed by atoms with Gasteiger partial charge in [-0.25, -0.2) is 5.43 Å². The van der Waals surface area contributed by atoms with Crippen molar-refractivity contribution in [1.82, 2.24) is 5.43 Å². The first-order valence-corrected chi connectivity index (χ1v) is 9.32. The summed E-state index contributed by atoms with van der Waals surface area (Å²) in [5, 5.41) is 4.58. The van der Waals surface area contributed by atoms with E-state index < -0.39 is 0 Å². The topological polar surface area (TPSA) is 63.8 Å². The summed E-state index contributed by atoms with van der Waals surface area (Å²) in [5.41, 5.74) is 5.58. The molecule has 0 aliphatic rings. The summed E-state index contributed by atoms with van der Waals surface area (Å²) in [6, 6.07) is 19.0. The predicted molar refractivity (Wildman–Crippen MR) is 110 cm³/mol. The van der Waals surface area contributed by atoms with E-state index in [-0.39, 0.29) is 5.91 Å².